The summed E-state index contributed by atoms with van der Waals surface area (Å²) >= 11 is 0. The van der Waals surface area contributed by atoms with Crippen LogP contribution in [0.1, 0.15) is 29.8 Å². The van der Waals surface area contributed by atoms with Crippen LogP contribution >= 0.6 is 0 Å². The lowest BCUT2D eigenvalue weighted by Crippen LogP contribution is -2.26. The molecule has 24 heavy (non-hydrogen) atoms. The first kappa shape index (κ1) is 17.5. The van der Waals surface area contributed by atoms with Crippen molar-refractivity contribution in [2.75, 3.05) is 19.0 Å². The van der Waals surface area contributed by atoms with Gasteiger partial charge >= 0.3 is 0 Å². The zero-order chi connectivity index (χ0) is 17.5. The van der Waals surface area contributed by atoms with E-state index < -0.39 is 0 Å². The first-order chi connectivity index (χ1) is 11.5. The maximum Gasteiger partial charge on any atom is 0.253 e. The Balaban J connectivity index is 1.99. The van der Waals surface area contributed by atoms with Crippen molar-refractivity contribution in [1.29, 1.82) is 0 Å². The third-order valence-corrected chi connectivity index (χ3v) is 3.45. The fourth-order valence-electron chi connectivity index (χ4n) is 2.32. The normalized spacial score (nSPS) is 10.1. The fourth-order valence-corrected chi connectivity index (χ4v) is 2.32. The molecule has 0 saturated carbocycles. The number of benzene rings is 2. The monoisotopic (exact) mass is 326 g/mol. The second-order valence-corrected chi connectivity index (χ2v) is 5.50. The number of amides is 2. The van der Waals surface area contributed by atoms with Gasteiger partial charge in [0, 0.05) is 31.8 Å². The highest BCUT2D eigenvalue weighted by Crippen LogP contribution is 2.15. The van der Waals surface area contributed by atoms with Crippen LogP contribution in [0.15, 0.2) is 48.5 Å². The van der Waals surface area contributed by atoms with Crippen LogP contribution in [0.3, 0.4) is 0 Å². The Hall–Kier alpha value is -2.82. The number of nitrogens with zero attached hydrogens (tertiary/aromatic N) is 1. The standard InChI is InChI=1S/C19H22N2O3/c1-4-24-18-11-5-15(6-12-18)13-21(3)19(23)16-7-9-17(10-8-16)20-14(2)22/h5-12H,4,13H2,1-3H3,(H,20,22). The molecule has 0 heterocycles. The lowest BCUT2D eigenvalue weighted by Gasteiger charge is -2.18. The van der Waals surface area contributed by atoms with Crippen LogP contribution in [0.2, 0.25) is 0 Å². The van der Waals surface area contributed by atoms with Crippen molar-refractivity contribution in [2.24, 2.45) is 0 Å². The summed E-state index contributed by atoms with van der Waals surface area (Å²) in [6.45, 7) is 4.53. The van der Waals surface area contributed by atoms with Crippen LogP contribution in [0.25, 0.3) is 0 Å². The number of anilines is 1. The van der Waals surface area contributed by atoms with E-state index in [0.29, 0.717) is 24.4 Å². The summed E-state index contributed by atoms with van der Waals surface area (Å²) in [7, 11) is 1.76. The average Bonchev–Trinajstić information content (AvgIpc) is 2.56. The molecule has 0 saturated heterocycles. The third-order valence-electron chi connectivity index (χ3n) is 3.45. The van der Waals surface area contributed by atoms with E-state index >= 15 is 0 Å². The molecule has 0 atom stereocenters. The molecule has 5 heteroatoms. The van der Waals surface area contributed by atoms with Gasteiger partial charge in [-0.05, 0) is 48.9 Å². The molecule has 2 rings (SSSR count). The Morgan fingerprint density at radius 3 is 2.21 bits per heavy atom. The number of hydrogen-bond acceptors (Lipinski definition) is 3. The van der Waals surface area contributed by atoms with Gasteiger partial charge in [-0.2, -0.15) is 0 Å². The van der Waals surface area contributed by atoms with Crippen LogP contribution in [0.5, 0.6) is 5.75 Å². The SMILES string of the molecule is CCOc1ccc(CN(C)C(=O)c2ccc(NC(C)=O)cc2)cc1. The number of ether oxygens (including phenoxy) is 1. The summed E-state index contributed by atoms with van der Waals surface area (Å²) in [4.78, 5) is 25.1. The molecule has 0 radical (unpaired) electrons. The molecule has 5 nitrogen and oxygen atoms in total. The molecule has 0 spiro atoms. The van der Waals surface area contributed by atoms with Crippen LogP contribution in [-0.4, -0.2) is 30.4 Å². The van der Waals surface area contributed by atoms with E-state index in [9.17, 15) is 9.59 Å². The van der Waals surface area contributed by atoms with Crippen molar-refractivity contribution in [2.45, 2.75) is 20.4 Å². The lowest BCUT2D eigenvalue weighted by atomic mass is 10.1. The summed E-state index contributed by atoms with van der Waals surface area (Å²) in [5.41, 5.74) is 2.29. The summed E-state index contributed by atoms with van der Waals surface area (Å²) in [5.74, 6) is 0.615. The van der Waals surface area contributed by atoms with Gasteiger partial charge in [0.25, 0.3) is 5.91 Å². The average molecular weight is 326 g/mol. The van der Waals surface area contributed by atoms with Gasteiger partial charge in [-0.3, -0.25) is 9.59 Å². The highest BCUT2D eigenvalue weighted by molar-refractivity contribution is 5.95. The highest BCUT2D eigenvalue weighted by atomic mass is 16.5. The van der Waals surface area contributed by atoms with E-state index in [-0.39, 0.29) is 11.8 Å². The molecule has 0 aromatic heterocycles. The van der Waals surface area contributed by atoms with Gasteiger partial charge in [-0.25, -0.2) is 0 Å². The summed E-state index contributed by atoms with van der Waals surface area (Å²) in [5, 5.41) is 2.68. The van der Waals surface area contributed by atoms with Crippen LogP contribution in [0, 0.1) is 0 Å². The van der Waals surface area contributed by atoms with Gasteiger partial charge in [-0.15, -0.1) is 0 Å². The quantitative estimate of drug-likeness (QED) is 0.886. The Morgan fingerprint density at radius 2 is 1.67 bits per heavy atom. The molecule has 1 N–H and O–H groups in total. The molecule has 2 aromatic carbocycles. The van der Waals surface area contributed by atoms with E-state index in [4.69, 9.17) is 4.74 Å². The van der Waals surface area contributed by atoms with Crippen LogP contribution in [-0.2, 0) is 11.3 Å². The largest absolute Gasteiger partial charge is 0.494 e. The number of carbonyl (C=O) groups is 2. The van der Waals surface area contributed by atoms with Gasteiger partial charge in [-0.1, -0.05) is 12.1 Å². The van der Waals surface area contributed by atoms with Gasteiger partial charge in [0.05, 0.1) is 6.61 Å². The number of hydrogen-bond donors (Lipinski definition) is 1. The zero-order valence-corrected chi connectivity index (χ0v) is 14.2. The summed E-state index contributed by atoms with van der Waals surface area (Å²) in [6.07, 6.45) is 0. The Kier molecular flexibility index (Phi) is 5.95. The zero-order valence-electron chi connectivity index (χ0n) is 14.2. The van der Waals surface area contributed by atoms with Gasteiger partial charge in [0.1, 0.15) is 5.75 Å². The third kappa shape index (κ3) is 4.84. The Bertz CT molecular complexity index is 694. The number of rotatable bonds is 6. The predicted octanol–water partition coefficient (Wildman–Crippen LogP) is 3.32. The van der Waals surface area contributed by atoms with Crippen LogP contribution < -0.4 is 10.1 Å². The first-order valence-electron chi connectivity index (χ1n) is 7.84. The maximum absolute atomic E-state index is 12.5. The van der Waals surface area contributed by atoms with Crippen molar-refractivity contribution < 1.29 is 14.3 Å². The molecule has 0 fully saturated rings. The molecule has 0 bridgehead atoms. The van der Waals surface area contributed by atoms with E-state index in [1.807, 2.05) is 31.2 Å². The molecule has 0 aliphatic heterocycles. The molecular weight excluding hydrogens is 304 g/mol. The van der Waals surface area contributed by atoms with E-state index in [1.165, 1.54) is 6.92 Å². The molecule has 126 valence electrons. The molecule has 2 aromatic rings. The molecular formula is C19H22N2O3. The van der Waals surface area contributed by atoms with Crippen molar-refractivity contribution in [3.8, 4) is 5.75 Å². The van der Waals surface area contributed by atoms with Crippen molar-refractivity contribution in [3.63, 3.8) is 0 Å². The Morgan fingerprint density at radius 1 is 1.04 bits per heavy atom. The van der Waals surface area contributed by atoms with Gasteiger partial charge in [0.2, 0.25) is 5.91 Å². The lowest BCUT2D eigenvalue weighted by molar-refractivity contribution is -0.114. The van der Waals surface area contributed by atoms with E-state index in [2.05, 4.69) is 5.32 Å². The van der Waals surface area contributed by atoms with Crippen LogP contribution in [0.4, 0.5) is 5.69 Å². The van der Waals surface area contributed by atoms with Gasteiger partial charge in [0.15, 0.2) is 0 Å². The van der Waals surface area contributed by atoms with E-state index in [1.54, 1.807) is 36.2 Å². The Labute approximate surface area is 142 Å². The van der Waals surface area contributed by atoms with Crippen molar-refractivity contribution >= 4 is 17.5 Å². The van der Waals surface area contributed by atoms with Gasteiger partial charge < -0.3 is 15.0 Å². The fraction of sp³-hybridized carbons (Fsp3) is 0.263. The smallest absolute Gasteiger partial charge is 0.253 e. The first-order valence-corrected chi connectivity index (χ1v) is 7.84. The molecule has 0 aliphatic carbocycles. The minimum Gasteiger partial charge on any atom is -0.494 e. The van der Waals surface area contributed by atoms with Crippen molar-refractivity contribution in [1.82, 2.24) is 4.90 Å². The minimum absolute atomic E-state index is 0.0711. The van der Waals surface area contributed by atoms with E-state index in [0.717, 1.165) is 11.3 Å². The second-order valence-electron chi connectivity index (χ2n) is 5.50. The topological polar surface area (TPSA) is 58.6 Å². The molecule has 0 unspecified atom stereocenters. The minimum atomic E-state index is -0.137. The molecule has 0 aliphatic rings. The highest BCUT2D eigenvalue weighted by Gasteiger charge is 2.12. The summed E-state index contributed by atoms with van der Waals surface area (Å²) < 4.78 is 5.41. The second kappa shape index (κ2) is 8.15. The number of carbonyl (C=O) groups excluding carboxylic acids is 2. The summed E-state index contributed by atoms with van der Waals surface area (Å²) in [6, 6.07) is 14.6. The van der Waals surface area contributed by atoms with Crippen molar-refractivity contribution in [3.05, 3.63) is 59.7 Å². The molecule has 2 amide bonds. The number of nitrogens with one attached hydrogen (secondary N) is 1. The maximum atomic E-state index is 12.5. The predicted molar refractivity (Wildman–Crippen MR) is 94.2 cm³/mol.